The van der Waals surface area contributed by atoms with E-state index in [1.165, 1.54) is 0 Å². The summed E-state index contributed by atoms with van der Waals surface area (Å²) in [5.41, 5.74) is 9.39. The summed E-state index contributed by atoms with van der Waals surface area (Å²) in [5.74, 6) is 1.52. The van der Waals surface area contributed by atoms with Crippen LogP contribution in [0, 0.1) is 6.92 Å². The van der Waals surface area contributed by atoms with Crippen LogP contribution in [0.15, 0.2) is 36.4 Å². The van der Waals surface area contributed by atoms with Gasteiger partial charge < -0.3 is 15.2 Å². The molecule has 0 saturated carbocycles. The van der Waals surface area contributed by atoms with Gasteiger partial charge in [-0.1, -0.05) is 23.7 Å². The predicted octanol–water partition coefficient (Wildman–Crippen LogP) is 3.71. The minimum absolute atomic E-state index is 0.270. The molecule has 3 nitrogen and oxygen atoms in total. The monoisotopic (exact) mass is 291 g/mol. The lowest BCUT2D eigenvalue weighted by molar-refractivity contribution is 0.407. The zero-order valence-electron chi connectivity index (χ0n) is 11.8. The van der Waals surface area contributed by atoms with Gasteiger partial charge in [0, 0.05) is 10.6 Å². The van der Waals surface area contributed by atoms with Gasteiger partial charge in [-0.25, -0.2) is 0 Å². The third kappa shape index (κ3) is 2.89. The third-order valence-electron chi connectivity index (χ3n) is 3.34. The van der Waals surface area contributed by atoms with Crippen LogP contribution in [0.3, 0.4) is 0 Å². The van der Waals surface area contributed by atoms with Crippen LogP contribution < -0.4 is 15.2 Å². The number of methoxy groups -OCH3 is 2. The summed E-state index contributed by atoms with van der Waals surface area (Å²) in [6, 6.07) is 11.1. The molecule has 0 spiro atoms. The second kappa shape index (κ2) is 6.16. The van der Waals surface area contributed by atoms with E-state index in [1.807, 2.05) is 37.3 Å². The van der Waals surface area contributed by atoms with Crippen LogP contribution in [-0.4, -0.2) is 14.2 Å². The van der Waals surface area contributed by atoms with Gasteiger partial charge in [0.2, 0.25) is 0 Å². The van der Waals surface area contributed by atoms with Crippen LogP contribution in [0.5, 0.6) is 11.5 Å². The van der Waals surface area contributed by atoms with Crippen LogP contribution in [-0.2, 0) is 0 Å². The minimum atomic E-state index is -0.270. The molecule has 2 aromatic rings. The van der Waals surface area contributed by atoms with E-state index in [1.54, 1.807) is 20.3 Å². The predicted molar refractivity (Wildman–Crippen MR) is 81.8 cm³/mol. The summed E-state index contributed by atoms with van der Waals surface area (Å²) < 4.78 is 10.6. The SMILES string of the molecule is COc1ccc(C(N)c2ccc(Cl)cc2OC)c(C)c1. The number of hydrogen-bond acceptors (Lipinski definition) is 3. The summed E-state index contributed by atoms with van der Waals surface area (Å²) in [5, 5.41) is 0.629. The minimum Gasteiger partial charge on any atom is -0.497 e. The van der Waals surface area contributed by atoms with Gasteiger partial charge in [-0.05, 0) is 42.3 Å². The van der Waals surface area contributed by atoms with E-state index in [9.17, 15) is 0 Å². The van der Waals surface area contributed by atoms with E-state index in [4.69, 9.17) is 26.8 Å². The van der Waals surface area contributed by atoms with Crippen molar-refractivity contribution in [3.63, 3.8) is 0 Å². The van der Waals surface area contributed by atoms with E-state index in [2.05, 4.69) is 0 Å². The van der Waals surface area contributed by atoms with Crippen molar-refractivity contribution < 1.29 is 9.47 Å². The Morgan fingerprint density at radius 3 is 2.30 bits per heavy atom. The molecule has 106 valence electrons. The van der Waals surface area contributed by atoms with Crippen molar-refractivity contribution in [2.24, 2.45) is 5.73 Å². The molecular weight excluding hydrogens is 274 g/mol. The van der Waals surface area contributed by atoms with E-state index < -0.39 is 0 Å². The van der Waals surface area contributed by atoms with Crippen LogP contribution in [0.4, 0.5) is 0 Å². The van der Waals surface area contributed by atoms with Gasteiger partial charge >= 0.3 is 0 Å². The normalized spacial score (nSPS) is 12.1. The molecule has 2 aromatic carbocycles. The second-order valence-electron chi connectivity index (χ2n) is 4.59. The number of halogens is 1. The molecule has 0 bridgehead atoms. The van der Waals surface area contributed by atoms with E-state index in [0.717, 1.165) is 22.4 Å². The number of aryl methyl sites for hydroxylation is 1. The molecule has 2 rings (SSSR count). The molecule has 0 aromatic heterocycles. The summed E-state index contributed by atoms with van der Waals surface area (Å²) in [6.07, 6.45) is 0. The molecule has 0 radical (unpaired) electrons. The van der Waals surface area contributed by atoms with Gasteiger partial charge in [0.05, 0.1) is 20.3 Å². The van der Waals surface area contributed by atoms with Crippen molar-refractivity contribution in [3.8, 4) is 11.5 Å². The summed E-state index contributed by atoms with van der Waals surface area (Å²) in [4.78, 5) is 0. The van der Waals surface area contributed by atoms with E-state index in [0.29, 0.717) is 10.8 Å². The first kappa shape index (κ1) is 14.7. The van der Waals surface area contributed by atoms with E-state index in [-0.39, 0.29) is 6.04 Å². The maximum Gasteiger partial charge on any atom is 0.125 e. The second-order valence-corrected chi connectivity index (χ2v) is 5.02. The van der Waals surface area contributed by atoms with Crippen LogP contribution >= 0.6 is 11.6 Å². The first-order valence-corrected chi connectivity index (χ1v) is 6.68. The number of ether oxygens (including phenoxy) is 2. The molecule has 0 saturated heterocycles. The molecule has 0 heterocycles. The highest BCUT2D eigenvalue weighted by Crippen LogP contribution is 2.32. The molecule has 1 atom stereocenters. The topological polar surface area (TPSA) is 44.5 Å². The number of nitrogens with two attached hydrogens (primary N) is 1. The van der Waals surface area contributed by atoms with Gasteiger partial charge in [0.1, 0.15) is 11.5 Å². The van der Waals surface area contributed by atoms with Crippen molar-refractivity contribution in [3.05, 3.63) is 58.1 Å². The highest BCUT2D eigenvalue weighted by atomic mass is 35.5. The van der Waals surface area contributed by atoms with Crippen molar-refractivity contribution >= 4 is 11.6 Å². The molecule has 0 aliphatic rings. The quantitative estimate of drug-likeness (QED) is 0.934. The van der Waals surface area contributed by atoms with Gasteiger partial charge in [-0.15, -0.1) is 0 Å². The summed E-state index contributed by atoms with van der Waals surface area (Å²) >= 11 is 5.98. The molecule has 0 aliphatic heterocycles. The average molecular weight is 292 g/mol. The first-order valence-electron chi connectivity index (χ1n) is 6.30. The maximum absolute atomic E-state index is 6.37. The zero-order chi connectivity index (χ0) is 14.7. The van der Waals surface area contributed by atoms with Gasteiger partial charge in [0.25, 0.3) is 0 Å². The summed E-state index contributed by atoms with van der Waals surface area (Å²) in [6.45, 7) is 2.01. The Morgan fingerprint density at radius 1 is 1.00 bits per heavy atom. The molecule has 0 fully saturated rings. The Kier molecular flexibility index (Phi) is 4.53. The molecule has 0 amide bonds. The molecule has 1 unspecified atom stereocenters. The first-order chi connectivity index (χ1) is 9.56. The average Bonchev–Trinajstić information content (AvgIpc) is 2.46. The lowest BCUT2D eigenvalue weighted by Gasteiger charge is -2.18. The largest absolute Gasteiger partial charge is 0.497 e. The molecule has 2 N–H and O–H groups in total. The van der Waals surface area contributed by atoms with Crippen molar-refractivity contribution in [2.75, 3.05) is 14.2 Å². The van der Waals surface area contributed by atoms with Crippen molar-refractivity contribution in [1.29, 1.82) is 0 Å². The van der Waals surface area contributed by atoms with Crippen molar-refractivity contribution in [1.82, 2.24) is 0 Å². The Hall–Kier alpha value is -1.71. The van der Waals surface area contributed by atoms with Crippen LogP contribution in [0.1, 0.15) is 22.7 Å². The van der Waals surface area contributed by atoms with Gasteiger partial charge in [0.15, 0.2) is 0 Å². The van der Waals surface area contributed by atoms with Gasteiger partial charge in [-0.2, -0.15) is 0 Å². The Labute approximate surface area is 124 Å². The standard InChI is InChI=1S/C16H18ClNO2/c1-10-8-12(19-2)5-7-13(10)16(18)14-6-4-11(17)9-15(14)20-3/h4-9,16H,18H2,1-3H3. The maximum atomic E-state index is 6.37. The molecule has 20 heavy (non-hydrogen) atoms. The summed E-state index contributed by atoms with van der Waals surface area (Å²) in [7, 11) is 3.26. The Bertz CT molecular complexity index is 613. The van der Waals surface area contributed by atoms with Crippen molar-refractivity contribution in [2.45, 2.75) is 13.0 Å². The Balaban J connectivity index is 2.43. The number of benzene rings is 2. The smallest absolute Gasteiger partial charge is 0.125 e. The van der Waals surface area contributed by atoms with Crippen LogP contribution in [0.25, 0.3) is 0 Å². The fourth-order valence-electron chi connectivity index (χ4n) is 2.23. The molecule has 0 aliphatic carbocycles. The Morgan fingerprint density at radius 2 is 1.70 bits per heavy atom. The number of hydrogen-bond donors (Lipinski definition) is 1. The molecule has 4 heteroatoms. The highest BCUT2D eigenvalue weighted by molar-refractivity contribution is 6.30. The highest BCUT2D eigenvalue weighted by Gasteiger charge is 2.16. The fourth-order valence-corrected chi connectivity index (χ4v) is 2.40. The number of rotatable bonds is 4. The van der Waals surface area contributed by atoms with E-state index >= 15 is 0 Å². The zero-order valence-corrected chi connectivity index (χ0v) is 12.6. The van der Waals surface area contributed by atoms with Crippen LogP contribution in [0.2, 0.25) is 5.02 Å². The fraction of sp³-hybridized carbons (Fsp3) is 0.250. The van der Waals surface area contributed by atoms with Gasteiger partial charge in [-0.3, -0.25) is 0 Å². The lowest BCUT2D eigenvalue weighted by atomic mass is 9.95. The third-order valence-corrected chi connectivity index (χ3v) is 3.58. The lowest BCUT2D eigenvalue weighted by Crippen LogP contribution is -2.14. The molecular formula is C16H18ClNO2.